The standard InChI is InChI=1S/C72H120O6/c1-4-7-10-13-16-19-22-25-28-30-32-33-34-35-36-37-38-39-40-42-44-47-50-53-56-59-62-65-71(74)77-68-69(67-76-70(73)64-61-58-55-52-49-46-43-27-24-21-18-15-12-9-6-3)78-72(75)66-63-60-57-54-51-48-45-41-31-29-26-23-20-17-14-11-8-5-2/h7,9-10,12,16,18-19,21,25,27-28,32-33,35-36,38-39,42-44,69H,4-6,8,11,13-15,17,20,22-24,26,29-31,34,37,40-41,45-68H2,1-3H3/b10-7-,12-9-,19-16-,21-18-,28-25-,33-32-,36-35-,39-38-,43-27-,44-42-. The van der Waals surface area contributed by atoms with E-state index < -0.39 is 6.10 Å². The van der Waals surface area contributed by atoms with Crippen molar-refractivity contribution in [3.8, 4) is 0 Å². The smallest absolute Gasteiger partial charge is 0.306 e. The first-order valence-corrected chi connectivity index (χ1v) is 32.5. The Balaban J connectivity index is 4.40. The number of esters is 3. The van der Waals surface area contributed by atoms with Crippen LogP contribution in [0.3, 0.4) is 0 Å². The lowest BCUT2D eigenvalue weighted by Crippen LogP contribution is -2.30. The van der Waals surface area contributed by atoms with E-state index in [0.717, 1.165) is 161 Å². The Morgan fingerprint density at radius 2 is 0.500 bits per heavy atom. The van der Waals surface area contributed by atoms with Crippen molar-refractivity contribution in [2.24, 2.45) is 0 Å². The molecule has 0 fully saturated rings. The molecule has 0 spiro atoms. The van der Waals surface area contributed by atoms with Crippen LogP contribution in [0.2, 0.25) is 0 Å². The fraction of sp³-hybridized carbons (Fsp3) is 0.681. The van der Waals surface area contributed by atoms with Crippen LogP contribution in [0, 0.1) is 0 Å². The Morgan fingerprint density at radius 3 is 0.782 bits per heavy atom. The van der Waals surface area contributed by atoms with Crippen LogP contribution in [0.15, 0.2) is 122 Å². The van der Waals surface area contributed by atoms with Gasteiger partial charge in [-0.1, -0.05) is 290 Å². The Labute approximate surface area is 482 Å². The third-order valence-corrected chi connectivity index (χ3v) is 13.7. The van der Waals surface area contributed by atoms with Gasteiger partial charge in [0, 0.05) is 19.3 Å². The molecule has 0 bridgehead atoms. The Kier molecular flexibility index (Phi) is 61.8. The summed E-state index contributed by atoms with van der Waals surface area (Å²) in [6.45, 7) is 6.41. The lowest BCUT2D eigenvalue weighted by molar-refractivity contribution is -0.167. The molecule has 1 unspecified atom stereocenters. The van der Waals surface area contributed by atoms with Gasteiger partial charge in [-0.3, -0.25) is 14.4 Å². The van der Waals surface area contributed by atoms with E-state index in [9.17, 15) is 14.4 Å². The van der Waals surface area contributed by atoms with Crippen LogP contribution in [0.25, 0.3) is 0 Å². The minimum Gasteiger partial charge on any atom is -0.462 e. The van der Waals surface area contributed by atoms with Crippen molar-refractivity contribution in [3.63, 3.8) is 0 Å². The second-order valence-corrected chi connectivity index (χ2v) is 21.3. The number of carbonyl (C=O) groups excluding carboxylic acids is 3. The van der Waals surface area contributed by atoms with E-state index in [0.29, 0.717) is 19.3 Å². The maximum absolute atomic E-state index is 12.9. The summed E-state index contributed by atoms with van der Waals surface area (Å²) in [5.41, 5.74) is 0. The van der Waals surface area contributed by atoms with Gasteiger partial charge in [0.15, 0.2) is 6.10 Å². The van der Waals surface area contributed by atoms with Gasteiger partial charge in [0.25, 0.3) is 0 Å². The van der Waals surface area contributed by atoms with Crippen molar-refractivity contribution in [2.75, 3.05) is 13.2 Å². The fourth-order valence-electron chi connectivity index (χ4n) is 8.91. The zero-order chi connectivity index (χ0) is 56.4. The van der Waals surface area contributed by atoms with Crippen LogP contribution in [0.5, 0.6) is 0 Å². The molecule has 0 heterocycles. The molecule has 0 rings (SSSR count). The summed E-state index contributed by atoms with van der Waals surface area (Å²) < 4.78 is 16.9. The number of rotatable bonds is 58. The third kappa shape index (κ3) is 62.7. The summed E-state index contributed by atoms with van der Waals surface area (Å²) in [6, 6.07) is 0. The highest BCUT2D eigenvalue weighted by molar-refractivity contribution is 5.71. The molecule has 0 aromatic rings. The molecule has 0 aromatic heterocycles. The zero-order valence-electron chi connectivity index (χ0n) is 50.9. The molecule has 0 N–H and O–H groups in total. The zero-order valence-corrected chi connectivity index (χ0v) is 50.9. The summed E-state index contributed by atoms with van der Waals surface area (Å²) in [6.07, 6.45) is 90.6. The van der Waals surface area contributed by atoms with Gasteiger partial charge in [-0.2, -0.15) is 0 Å². The molecule has 6 heteroatoms. The van der Waals surface area contributed by atoms with Crippen molar-refractivity contribution in [1.82, 2.24) is 0 Å². The number of carbonyl (C=O) groups is 3. The molecule has 78 heavy (non-hydrogen) atoms. The number of hydrogen-bond donors (Lipinski definition) is 0. The summed E-state index contributed by atoms with van der Waals surface area (Å²) in [5.74, 6) is -0.920. The van der Waals surface area contributed by atoms with Gasteiger partial charge < -0.3 is 14.2 Å². The Bertz CT molecular complexity index is 1620. The van der Waals surface area contributed by atoms with Crippen LogP contribution < -0.4 is 0 Å². The van der Waals surface area contributed by atoms with E-state index in [2.05, 4.69) is 142 Å². The molecular formula is C72H120O6. The van der Waals surface area contributed by atoms with Gasteiger partial charge in [-0.25, -0.2) is 0 Å². The van der Waals surface area contributed by atoms with Crippen LogP contribution >= 0.6 is 0 Å². The second-order valence-electron chi connectivity index (χ2n) is 21.3. The van der Waals surface area contributed by atoms with Crippen LogP contribution in [0.1, 0.15) is 297 Å². The van der Waals surface area contributed by atoms with Crippen molar-refractivity contribution >= 4 is 17.9 Å². The maximum Gasteiger partial charge on any atom is 0.306 e. The van der Waals surface area contributed by atoms with Crippen LogP contribution in [-0.4, -0.2) is 37.2 Å². The molecule has 0 radical (unpaired) electrons. The Morgan fingerprint density at radius 1 is 0.269 bits per heavy atom. The van der Waals surface area contributed by atoms with Gasteiger partial charge in [-0.15, -0.1) is 0 Å². The molecule has 444 valence electrons. The molecule has 0 aromatic carbocycles. The summed E-state index contributed by atoms with van der Waals surface area (Å²) >= 11 is 0. The van der Waals surface area contributed by atoms with Gasteiger partial charge in [0.1, 0.15) is 13.2 Å². The molecule has 0 saturated carbocycles. The van der Waals surface area contributed by atoms with E-state index in [1.54, 1.807) is 0 Å². The van der Waals surface area contributed by atoms with E-state index in [1.165, 1.54) is 96.3 Å². The first kappa shape index (κ1) is 73.8. The Hall–Kier alpha value is -4.19. The van der Waals surface area contributed by atoms with Crippen LogP contribution in [-0.2, 0) is 28.6 Å². The van der Waals surface area contributed by atoms with Crippen molar-refractivity contribution < 1.29 is 28.6 Å². The largest absolute Gasteiger partial charge is 0.462 e. The number of hydrogen-bond acceptors (Lipinski definition) is 6. The van der Waals surface area contributed by atoms with Crippen molar-refractivity contribution in [3.05, 3.63) is 122 Å². The minimum absolute atomic E-state index is 0.0935. The van der Waals surface area contributed by atoms with Crippen molar-refractivity contribution in [1.29, 1.82) is 0 Å². The topological polar surface area (TPSA) is 78.9 Å². The normalized spacial score (nSPS) is 12.9. The predicted molar refractivity (Wildman–Crippen MR) is 339 cm³/mol. The van der Waals surface area contributed by atoms with Gasteiger partial charge >= 0.3 is 17.9 Å². The molecule has 0 aliphatic rings. The summed E-state index contributed by atoms with van der Waals surface area (Å²) in [5, 5.41) is 0. The van der Waals surface area contributed by atoms with Gasteiger partial charge in [0.05, 0.1) is 0 Å². The SMILES string of the molecule is CC/C=C\C/C=C\C/C=C\C/C=C\C/C=C\C/C=C\C/C=C\CCCCCCCC(=O)OCC(COC(=O)CCCCCCC/C=C\C/C=C\C/C=C\CC)OC(=O)CCCCCCCCCCCCCCCCCCCC. The monoisotopic (exact) mass is 1080 g/mol. The fourth-order valence-corrected chi connectivity index (χ4v) is 8.91. The molecule has 1 atom stereocenters. The van der Waals surface area contributed by atoms with Crippen molar-refractivity contribution in [2.45, 2.75) is 303 Å². The molecular weight excluding hydrogens is 961 g/mol. The lowest BCUT2D eigenvalue weighted by Gasteiger charge is -2.18. The van der Waals surface area contributed by atoms with E-state index >= 15 is 0 Å². The molecule has 0 amide bonds. The summed E-state index contributed by atoms with van der Waals surface area (Å²) in [7, 11) is 0. The number of ether oxygens (including phenoxy) is 3. The maximum atomic E-state index is 12.9. The first-order chi connectivity index (χ1) is 38.5. The first-order valence-electron chi connectivity index (χ1n) is 32.5. The quantitative estimate of drug-likeness (QED) is 0.0261. The van der Waals surface area contributed by atoms with E-state index in [1.807, 2.05) is 0 Å². The highest BCUT2D eigenvalue weighted by atomic mass is 16.6. The predicted octanol–water partition coefficient (Wildman–Crippen LogP) is 22.4. The van der Waals surface area contributed by atoms with Gasteiger partial charge in [-0.05, 0) is 109 Å². The van der Waals surface area contributed by atoms with Crippen LogP contribution in [0.4, 0.5) is 0 Å². The molecule has 0 saturated heterocycles. The summed E-state index contributed by atoms with van der Waals surface area (Å²) in [4.78, 5) is 38.3. The molecule has 6 nitrogen and oxygen atoms in total. The molecule has 0 aliphatic heterocycles. The molecule has 0 aliphatic carbocycles. The number of unbranched alkanes of at least 4 members (excludes halogenated alkanes) is 27. The highest BCUT2D eigenvalue weighted by Crippen LogP contribution is 2.16. The average Bonchev–Trinajstić information content (AvgIpc) is 3.44. The van der Waals surface area contributed by atoms with Gasteiger partial charge in [0.2, 0.25) is 0 Å². The lowest BCUT2D eigenvalue weighted by atomic mass is 10.0. The number of allylic oxidation sites excluding steroid dienone is 20. The third-order valence-electron chi connectivity index (χ3n) is 13.7. The second kappa shape index (κ2) is 65.3. The minimum atomic E-state index is -0.796. The van der Waals surface area contributed by atoms with E-state index in [-0.39, 0.29) is 31.1 Å². The highest BCUT2D eigenvalue weighted by Gasteiger charge is 2.19. The average molecular weight is 1080 g/mol. The van der Waals surface area contributed by atoms with E-state index in [4.69, 9.17) is 14.2 Å².